The number of hydrogen-bond acceptors (Lipinski definition) is 3. The van der Waals surface area contributed by atoms with Crippen LogP contribution in [0.25, 0.3) is 5.69 Å². The first-order valence-electron chi connectivity index (χ1n) is 8.25. The SMILES string of the molecule is Cc1ccnn1-c1ccc(C(=O)N2CCCCC2C(C)N)cc1.Cl. The van der Waals surface area contributed by atoms with Crippen molar-refractivity contribution in [1.29, 1.82) is 0 Å². The van der Waals surface area contributed by atoms with Gasteiger partial charge < -0.3 is 10.6 Å². The highest BCUT2D eigenvalue weighted by Gasteiger charge is 2.29. The predicted molar refractivity (Wildman–Crippen MR) is 97.9 cm³/mol. The van der Waals surface area contributed by atoms with E-state index in [1.165, 1.54) is 0 Å². The maximum Gasteiger partial charge on any atom is 0.254 e. The number of nitrogens with two attached hydrogens (primary N) is 1. The Hall–Kier alpha value is -1.85. The molecule has 0 bridgehead atoms. The van der Waals surface area contributed by atoms with Gasteiger partial charge in [-0.3, -0.25) is 4.79 Å². The predicted octanol–water partition coefficient (Wildman–Crippen LogP) is 2.94. The number of carbonyl (C=O) groups is 1. The van der Waals surface area contributed by atoms with E-state index in [0.717, 1.165) is 37.2 Å². The van der Waals surface area contributed by atoms with Crippen molar-refractivity contribution in [2.75, 3.05) is 6.54 Å². The number of carbonyl (C=O) groups excluding carboxylic acids is 1. The van der Waals surface area contributed by atoms with Crippen LogP contribution in [0.4, 0.5) is 0 Å². The second kappa shape index (κ2) is 7.81. The molecule has 0 spiro atoms. The van der Waals surface area contributed by atoms with Crippen LogP contribution in [0, 0.1) is 6.92 Å². The molecule has 2 heterocycles. The highest BCUT2D eigenvalue weighted by atomic mass is 35.5. The van der Waals surface area contributed by atoms with Gasteiger partial charge in [0.25, 0.3) is 5.91 Å². The summed E-state index contributed by atoms with van der Waals surface area (Å²) < 4.78 is 1.86. The standard InChI is InChI=1S/C18H24N4O.ClH/c1-13-10-11-20-22(13)16-8-6-15(7-9-16)18(23)21-12-4-3-5-17(21)14(2)19;/h6-11,14,17H,3-5,12,19H2,1-2H3;1H. The molecule has 1 aromatic carbocycles. The van der Waals surface area contributed by atoms with Crippen molar-refractivity contribution in [2.45, 2.75) is 45.2 Å². The van der Waals surface area contributed by atoms with Gasteiger partial charge in [-0.05, 0) is 63.4 Å². The summed E-state index contributed by atoms with van der Waals surface area (Å²) in [5.41, 5.74) is 8.82. The molecular formula is C18H25ClN4O. The number of piperidine rings is 1. The van der Waals surface area contributed by atoms with Gasteiger partial charge >= 0.3 is 0 Å². The first kappa shape index (κ1) is 18.5. The molecule has 0 saturated carbocycles. The number of halogens is 1. The van der Waals surface area contributed by atoms with E-state index in [-0.39, 0.29) is 30.4 Å². The molecule has 1 saturated heterocycles. The molecule has 2 aromatic rings. The van der Waals surface area contributed by atoms with Crippen LogP contribution in [0.1, 0.15) is 42.2 Å². The van der Waals surface area contributed by atoms with Gasteiger partial charge in [0, 0.05) is 36.1 Å². The van der Waals surface area contributed by atoms with Crippen LogP contribution >= 0.6 is 12.4 Å². The number of aryl methyl sites for hydroxylation is 1. The van der Waals surface area contributed by atoms with Crippen LogP contribution in [-0.4, -0.2) is 39.2 Å². The summed E-state index contributed by atoms with van der Waals surface area (Å²) in [5, 5.41) is 4.29. The highest BCUT2D eigenvalue weighted by molar-refractivity contribution is 5.94. The first-order chi connectivity index (χ1) is 11.1. The van der Waals surface area contributed by atoms with E-state index in [1.807, 2.05) is 53.8 Å². The minimum atomic E-state index is 0. The molecule has 2 unspecified atom stereocenters. The fraction of sp³-hybridized carbons (Fsp3) is 0.444. The number of amides is 1. The highest BCUT2D eigenvalue weighted by Crippen LogP contribution is 2.22. The zero-order valence-electron chi connectivity index (χ0n) is 14.2. The molecule has 0 radical (unpaired) electrons. The smallest absolute Gasteiger partial charge is 0.254 e. The van der Waals surface area contributed by atoms with Gasteiger partial charge in [-0.2, -0.15) is 5.10 Å². The third-order valence-corrected chi connectivity index (χ3v) is 4.61. The van der Waals surface area contributed by atoms with E-state index in [9.17, 15) is 4.79 Å². The van der Waals surface area contributed by atoms with Crippen molar-refractivity contribution in [2.24, 2.45) is 5.73 Å². The molecule has 0 aliphatic carbocycles. The Balaban J connectivity index is 0.00000208. The Morgan fingerprint density at radius 1 is 1.25 bits per heavy atom. The first-order valence-corrected chi connectivity index (χ1v) is 8.25. The maximum absolute atomic E-state index is 12.8. The largest absolute Gasteiger partial charge is 0.334 e. The van der Waals surface area contributed by atoms with Gasteiger partial charge in [0.2, 0.25) is 0 Å². The molecule has 24 heavy (non-hydrogen) atoms. The van der Waals surface area contributed by atoms with Gasteiger partial charge in [-0.15, -0.1) is 12.4 Å². The van der Waals surface area contributed by atoms with Crippen LogP contribution in [-0.2, 0) is 0 Å². The number of nitrogens with zero attached hydrogens (tertiary/aromatic N) is 3. The average molecular weight is 349 g/mol. The second-order valence-corrected chi connectivity index (χ2v) is 6.35. The fourth-order valence-electron chi connectivity index (χ4n) is 3.31. The number of hydrogen-bond donors (Lipinski definition) is 1. The Morgan fingerprint density at radius 2 is 1.96 bits per heavy atom. The number of aromatic nitrogens is 2. The average Bonchev–Trinajstić information content (AvgIpc) is 3.00. The van der Waals surface area contributed by atoms with Crippen molar-refractivity contribution >= 4 is 18.3 Å². The van der Waals surface area contributed by atoms with Gasteiger partial charge in [0.05, 0.1) is 5.69 Å². The quantitative estimate of drug-likeness (QED) is 0.927. The van der Waals surface area contributed by atoms with E-state index in [0.29, 0.717) is 5.56 Å². The molecule has 3 rings (SSSR count). The molecule has 1 aromatic heterocycles. The monoisotopic (exact) mass is 348 g/mol. The fourth-order valence-corrected chi connectivity index (χ4v) is 3.31. The zero-order valence-corrected chi connectivity index (χ0v) is 15.0. The summed E-state index contributed by atoms with van der Waals surface area (Å²) in [5.74, 6) is 0.0794. The van der Waals surface area contributed by atoms with E-state index >= 15 is 0 Å². The summed E-state index contributed by atoms with van der Waals surface area (Å²) in [6, 6.07) is 9.75. The van der Waals surface area contributed by atoms with Crippen molar-refractivity contribution in [3.8, 4) is 5.69 Å². The summed E-state index contributed by atoms with van der Waals surface area (Å²) in [6.07, 6.45) is 4.97. The van der Waals surface area contributed by atoms with E-state index in [2.05, 4.69) is 5.10 Å². The topological polar surface area (TPSA) is 64.2 Å². The molecule has 1 aliphatic rings. The third kappa shape index (κ3) is 3.62. The van der Waals surface area contributed by atoms with E-state index < -0.39 is 0 Å². The van der Waals surface area contributed by atoms with E-state index in [4.69, 9.17) is 5.73 Å². The Kier molecular flexibility index (Phi) is 6.02. The van der Waals surface area contributed by atoms with Crippen LogP contribution in [0.3, 0.4) is 0 Å². The third-order valence-electron chi connectivity index (χ3n) is 4.61. The summed E-state index contributed by atoms with van der Waals surface area (Å²) in [6.45, 7) is 4.79. The molecule has 5 nitrogen and oxygen atoms in total. The lowest BCUT2D eigenvalue weighted by Gasteiger charge is -2.38. The molecular weight excluding hydrogens is 324 g/mol. The summed E-state index contributed by atoms with van der Waals surface area (Å²) >= 11 is 0. The Labute approximate surface area is 149 Å². The normalized spacial score (nSPS) is 18.8. The zero-order chi connectivity index (χ0) is 16.4. The maximum atomic E-state index is 12.8. The number of benzene rings is 1. The lowest BCUT2D eigenvalue weighted by atomic mass is 9.96. The summed E-state index contributed by atoms with van der Waals surface area (Å²) in [7, 11) is 0. The Bertz CT molecular complexity index is 681. The van der Waals surface area contributed by atoms with Crippen molar-refractivity contribution in [3.63, 3.8) is 0 Å². The minimum absolute atomic E-state index is 0. The molecule has 6 heteroatoms. The second-order valence-electron chi connectivity index (χ2n) is 6.35. The molecule has 1 aliphatic heterocycles. The number of rotatable bonds is 3. The summed E-state index contributed by atoms with van der Waals surface area (Å²) in [4.78, 5) is 14.8. The van der Waals surface area contributed by atoms with Gasteiger partial charge in [-0.25, -0.2) is 4.68 Å². The van der Waals surface area contributed by atoms with Crippen molar-refractivity contribution < 1.29 is 4.79 Å². The van der Waals surface area contributed by atoms with E-state index in [1.54, 1.807) is 6.20 Å². The molecule has 2 N–H and O–H groups in total. The molecule has 1 fully saturated rings. The van der Waals surface area contributed by atoms with Crippen LogP contribution in [0.5, 0.6) is 0 Å². The molecule has 1 amide bonds. The molecule has 130 valence electrons. The molecule has 2 atom stereocenters. The van der Waals surface area contributed by atoms with Gasteiger partial charge in [-0.1, -0.05) is 0 Å². The van der Waals surface area contributed by atoms with Gasteiger partial charge in [0.1, 0.15) is 0 Å². The van der Waals surface area contributed by atoms with Gasteiger partial charge in [0.15, 0.2) is 0 Å². The minimum Gasteiger partial charge on any atom is -0.334 e. The number of likely N-dealkylation sites (tertiary alicyclic amines) is 1. The lowest BCUT2D eigenvalue weighted by Crippen LogP contribution is -2.51. The van der Waals surface area contributed by atoms with Crippen LogP contribution < -0.4 is 5.73 Å². The lowest BCUT2D eigenvalue weighted by molar-refractivity contribution is 0.0584. The van der Waals surface area contributed by atoms with Crippen LogP contribution in [0.2, 0.25) is 0 Å². The van der Waals surface area contributed by atoms with Crippen LogP contribution in [0.15, 0.2) is 36.5 Å². The van der Waals surface area contributed by atoms with Crippen molar-refractivity contribution in [1.82, 2.24) is 14.7 Å². The van der Waals surface area contributed by atoms with Crippen molar-refractivity contribution in [3.05, 3.63) is 47.8 Å². The Morgan fingerprint density at radius 3 is 2.54 bits per heavy atom.